The lowest BCUT2D eigenvalue weighted by molar-refractivity contribution is -0.160. The molecule has 16 heteroatoms. The zero-order valence-electron chi connectivity index (χ0n) is 34.9. The number of benzene rings is 1. The van der Waals surface area contributed by atoms with E-state index in [9.17, 15) is 44.1 Å². The van der Waals surface area contributed by atoms with Crippen LogP contribution in [0.3, 0.4) is 0 Å². The molecular formula is C43H55N3O13. The van der Waals surface area contributed by atoms with Gasteiger partial charge in [-0.25, -0.2) is 0 Å². The zero-order chi connectivity index (χ0) is 43.8. The first-order valence-corrected chi connectivity index (χ1v) is 19.7. The molecule has 1 aromatic rings. The Balaban J connectivity index is 1.69. The van der Waals surface area contributed by atoms with Crippen molar-refractivity contribution in [2.45, 2.75) is 98.4 Å². The number of aromatic hydroxyl groups is 1. The summed E-state index contributed by atoms with van der Waals surface area (Å²) in [6, 6.07) is 0. The van der Waals surface area contributed by atoms with Crippen LogP contribution in [0, 0.1) is 36.5 Å². The Labute approximate surface area is 343 Å². The van der Waals surface area contributed by atoms with Crippen LogP contribution in [0.5, 0.6) is 11.5 Å². The molecular weight excluding hydrogens is 766 g/mol. The number of ketones is 3. The molecule has 1 fully saturated rings. The maximum absolute atomic E-state index is 14.8. The SMILES string of the molecule is CO[C@H]1C=CO[C@@]2(C)Oc3c(C)c(O)c4c(c3C2=O)C(=O)C(N2CCCC(C(N)=O)C2)=C(NC(=O)C(C)=CC=C[C@H](C)[C@H](O)[C@@H](C)[C@H](O)[C@H](C)[C@H](OC(C)=O)[C@@H]1C)C4=O. The lowest BCUT2D eigenvalue weighted by atomic mass is 9.78. The maximum atomic E-state index is 14.8. The van der Waals surface area contributed by atoms with Crippen molar-refractivity contribution in [2.75, 3.05) is 20.2 Å². The summed E-state index contributed by atoms with van der Waals surface area (Å²) in [6.45, 7) is 12.4. The fraction of sp³-hybridized carbons (Fsp3) is 0.535. The van der Waals surface area contributed by atoms with Gasteiger partial charge >= 0.3 is 11.8 Å². The van der Waals surface area contributed by atoms with E-state index < -0.39 is 117 Å². The standard InChI is InChI=1S/C43H55N3O13/c1-19-12-10-13-20(2)42(55)45-31-32(46-16-11-14-26(18-46)41(44)54)37(52)28-29(36(31)51)35(50)24(6)39-30(28)40(53)43(8,59-39)57-17-15-27(56-9)21(3)38(58-25(7)47)23(5)34(49)22(4)33(19)48/h10,12-13,15,17,19,21-23,26-27,33-34,38,48-50H,11,14,16,18H2,1-9H3,(H2,44,54)(H,45,55)/t19-,21+,22+,23-,26?,27-,33-,34-,38+,43-/m0/s1. The fourth-order valence-corrected chi connectivity index (χ4v) is 8.39. The van der Waals surface area contributed by atoms with E-state index in [-0.39, 0.29) is 41.2 Å². The minimum atomic E-state index is -2.12. The largest absolute Gasteiger partial charge is 0.507 e. The monoisotopic (exact) mass is 821 g/mol. The summed E-state index contributed by atoms with van der Waals surface area (Å²) in [6.07, 6.45) is 4.05. The van der Waals surface area contributed by atoms with Gasteiger partial charge in [-0.15, -0.1) is 0 Å². The summed E-state index contributed by atoms with van der Waals surface area (Å²) in [4.78, 5) is 83.7. The minimum Gasteiger partial charge on any atom is -0.507 e. The molecule has 4 heterocycles. The predicted octanol–water partition coefficient (Wildman–Crippen LogP) is 3.16. The van der Waals surface area contributed by atoms with Gasteiger partial charge in [0.1, 0.15) is 29.0 Å². The highest BCUT2D eigenvalue weighted by molar-refractivity contribution is 6.32. The Bertz CT molecular complexity index is 2050. The second kappa shape index (κ2) is 17.5. The van der Waals surface area contributed by atoms with Crippen LogP contribution in [0.15, 0.2) is 47.5 Å². The number of phenols is 1. The number of carbonyl (C=O) groups is 6. The molecule has 5 aliphatic rings. The van der Waals surface area contributed by atoms with Gasteiger partial charge in [-0.3, -0.25) is 28.8 Å². The van der Waals surface area contributed by atoms with Crippen LogP contribution in [0.1, 0.15) is 97.9 Å². The Morgan fingerprint density at radius 1 is 0.966 bits per heavy atom. The van der Waals surface area contributed by atoms with Crippen LogP contribution in [0.25, 0.3) is 0 Å². The molecule has 59 heavy (non-hydrogen) atoms. The number of phenolic OH excluding ortho intramolecular Hbond substituents is 1. The first-order chi connectivity index (χ1) is 27.7. The fourth-order valence-electron chi connectivity index (χ4n) is 8.39. The molecule has 6 rings (SSSR count). The van der Waals surface area contributed by atoms with Crippen molar-refractivity contribution in [2.24, 2.45) is 35.3 Å². The van der Waals surface area contributed by atoms with E-state index in [2.05, 4.69) is 5.32 Å². The molecule has 1 saturated heterocycles. The van der Waals surface area contributed by atoms with Gasteiger partial charge in [-0.1, -0.05) is 45.9 Å². The smallest absolute Gasteiger partial charge is 0.312 e. The molecule has 1 unspecified atom stereocenters. The van der Waals surface area contributed by atoms with Crippen molar-refractivity contribution < 1.29 is 63.0 Å². The maximum Gasteiger partial charge on any atom is 0.312 e. The number of hydrogen-bond acceptors (Lipinski definition) is 14. The van der Waals surface area contributed by atoms with Gasteiger partial charge in [0, 0.05) is 68.9 Å². The normalized spacial score (nSPS) is 32.0. The van der Waals surface area contributed by atoms with Crippen molar-refractivity contribution in [3.8, 4) is 11.5 Å². The third-order valence-electron chi connectivity index (χ3n) is 12.1. The van der Waals surface area contributed by atoms with Crippen molar-refractivity contribution in [3.63, 3.8) is 0 Å². The summed E-state index contributed by atoms with van der Waals surface area (Å²) in [5.41, 5.74) is 3.69. The van der Waals surface area contributed by atoms with E-state index in [4.69, 9.17) is 24.7 Å². The first-order valence-electron chi connectivity index (χ1n) is 19.7. The quantitative estimate of drug-likeness (QED) is 0.274. The van der Waals surface area contributed by atoms with Gasteiger partial charge in [0.2, 0.25) is 17.5 Å². The molecule has 0 saturated carbocycles. The number of carbonyl (C=O) groups excluding carboxylic acids is 6. The second-order valence-electron chi connectivity index (χ2n) is 16.2. The summed E-state index contributed by atoms with van der Waals surface area (Å²) in [5.74, 6) is -10.9. The summed E-state index contributed by atoms with van der Waals surface area (Å²) in [5, 5.41) is 37.0. The Morgan fingerprint density at radius 3 is 2.27 bits per heavy atom. The Morgan fingerprint density at radius 2 is 1.64 bits per heavy atom. The van der Waals surface area contributed by atoms with Crippen LogP contribution in [-0.4, -0.2) is 106 Å². The molecule has 2 amide bonds. The predicted molar refractivity (Wildman–Crippen MR) is 212 cm³/mol. The number of esters is 1. The van der Waals surface area contributed by atoms with Crippen molar-refractivity contribution in [3.05, 3.63) is 69.8 Å². The number of nitrogens with one attached hydrogen (secondary N) is 1. The van der Waals surface area contributed by atoms with E-state index in [0.29, 0.717) is 12.8 Å². The number of aliphatic hydroxyl groups excluding tert-OH is 2. The average Bonchev–Trinajstić information content (AvgIpc) is 3.46. The van der Waals surface area contributed by atoms with Gasteiger partial charge in [0.25, 0.3) is 11.7 Å². The number of ether oxygens (including phenoxy) is 4. The minimum absolute atomic E-state index is 0.0390. The molecule has 1 aliphatic carbocycles. The number of aliphatic hydroxyl groups is 2. The second-order valence-corrected chi connectivity index (χ2v) is 16.2. The molecule has 10 atom stereocenters. The van der Waals surface area contributed by atoms with E-state index >= 15 is 0 Å². The summed E-state index contributed by atoms with van der Waals surface area (Å²) < 4.78 is 23.5. The highest BCUT2D eigenvalue weighted by Gasteiger charge is 2.53. The average molecular weight is 822 g/mol. The number of primary amides is 1. The van der Waals surface area contributed by atoms with Crippen molar-refractivity contribution >= 4 is 35.1 Å². The topological polar surface area (TPSA) is 241 Å². The molecule has 0 spiro atoms. The van der Waals surface area contributed by atoms with Crippen LogP contribution in [0.4, 0.5) is 0 Å². The molecule has 6 N–H and O–H groups in total. The molecule has 16 nitrogen and oxygen atoms in total. The number of rotatable bonds is 4. The van der Waals surface area contributed by atoms with Gasteiger partial charge in [0.15, 0.2) is 0 Å². The van der Waals surface area contributed by atoms with Crippen molar-refractivity contribution in [1.82, 2.24) is 10.2 Å². The third kappa shape index (κ3) is 8.43. The Hall–Kier alpha value is -5.32. The number of amides is 2. The summed E-state index contributed by atoms with van der Waals surface area (Å²) >= 11 is 0. The molecule has 5 bridgehead atoms. The summed E-state index contributed by atoms with van der Waals surface area (Å²) in [7, 11) is 1.41. The highest BCUT2D eigenvalue weighted by Crippen LogP contribution is 2.49. The van der Waals surface area contributed by atoms with Gasteiger partial charge in [-0.05, 0) is 32.8 Å². The number of Topliss-reactive ketones (excluding diaryl/α,β-unsaturated/α-hetero) is 3. The third-order valence-corrected chi connectivity index (χ3v) is 12.1. The molecule has 1 aromatic carbocycles. The number of piperidine rings is 1. The lowest BCUT2D eigenvalue weighted by Gasteiger charge is -2.38. The molecule has 320 valence electrons. The van der Waals surface area contributed by atoms with Crippen LogP contribution in [-0.2, 0) is 28.6 Å². The highest BCUT2D eigenvalue weighted by atomic mass is 16.7. The Kier molecular flexibility index (Phi) is 13.3. The van der Waals surface area contributed by atoms with E-state index in [1.807, 2.05) is 0 Å². The first kappa shape index (κ1) is 44.8. The number of methoxy groups -OCH3 is 1. The van der Waals surface area contributed by atoms with Crippen LogP contribution >= 0.6 is 0 Å². The molecule has 0 radical (unpaired) electrons. The van der Waals surface area contributed by atoms with E-state index in [1.54, 1.807) is 33.8 Å². The van der Waals surface area contributed by atoms with E-state index in [0.717, 1.165) is 6.26 Å². The van der Waals surface area contributed by atoms with Gasteiger partial charge in [-0.2, -0.15) is 0 Å². The number of allylic oxidation sites excluding steroid dienone is 4. The van der Waals surface area contributed by atoms with E-state index in [1.165, 1.54) is 57.9 Å². The molecule has 0 aromatic heterocycles. The van der Waals surface area contributed by atoms with Crippen molar-refractivity contribution in [1.29, 1.82) is 0 Å². The van der Waals surface area contributed by atoms with Crippen LogP contribution in [0.2, 0.25) is 0 Å². The number of likely N-dealkylation sites (tertiary alicyclic amines) is 1. The number of nitrogens with two attached hydrogens (primary N) is 1. The van der Waals surface area contributed by atoms with Gasteiger partial charge < -0.3 is 50.2 Å². The lowest BCUT2D eigenvalue weighted by Crippen LogP contribution is -2.46. The van der Waals surface area contributed by atoms with Crippen LogP contribution < -0.4 is 15.8 Å². The number of nitrogens with zero attached hydrogens (tertiary/aromatic N) is 1. The number of fused-ring (bicyclic) bond motifs is 14. The molecule has 4 aliphatic heterocycles. The number of hydrogen-bond donors (Lipinski definition) is 5. The van der Waals surface area contributed by atoms with Gasteiger partial charge in [0.05, 0.1) is 47.2 Å². The zero-order valence-corrected chi connectivity index (χ0v) is 34.9.